The molecule has 3 rings (SSSR count). The summed E-state index contributed by atoms with van der Waals surface area (Å²) in [6, 6.07) is 10.3. The lowest BCUT2D eigenvalue weighted by atomic mass is 10.1. The predicted octanol–water partition coefficient (Wildman–Crippen LogP) is 5.19. The van der Waals surface area contributed by atoms with Gasteiger partial charge < -0.3 is 10.1 Å². The number of halogens is 3. The van der Waals surface area contributed by atoms with Crippen LogP contribution >= 0.6 is 47.8 Å². The van der Waals surface area contributed by atoms with E-state index >= 15 is 0 Å². The molecular weight excluding hydrogens is 466 g/mol. The molecule has 2 N–H and O–H groups in total. The van der Waals surface area contributed by atoms with Gasteiger partial charge in [-0.15, -0.1) is 0 Å². The summed E-state index contributed by atoms with van der Waals surface area (Å²) < 4.78 is 2.23. The van der Waals surface area contributed by atoms with Crippen molar-refractivity contribution in [3.8, 4) is 17.0 Å². The van der Waals surface area contributed by atoms with Gasteiger partial charge in [0.2, 0.25) is 0 Å². The zero-order valence-corrected chi connectivity index (χ0v) is 15.2. The third-order valence-electron chi connectivity index (χ3n) is 3.11. The number of fused-ring (bicyclic) bond motifs is 1. The van der Waals surface area contributed by atoms with Crippen LogP contribution in [0.4, 0.5) is 0 Å². The number of aromatic amines is 1. The SMILES string of the molecule is O=c1cc(-c2ccc(O)c(Br)c2)[nH]c2c(Br)cc(Br)cc12. The Bertz CT molecular complexity index is 919. The van der Waals surface area contributed by atoms with Crippen LogP contribution in [0.3, 0.4) is 0 Å². The van der Waals surface area contributed by atoms with Crippen LogP contribution in [0, 0.1) is 0 Å². The molecule has 0 saturated carbocycles. The van der Waals surface area contributed by atoms with Crippen molar-refractivity contribution in [3.63, 3.8) is 0 Å². The standard InChI is InChI=1S/C15H8Br3NO2/c16-8-4-9-14(21)6-12(19-15(9)11(18)5-8)7-1-2-13(20)10(17)3-7/h1-6,20H,(H,19,21). The van der Waals surface area contributed by atoms with E-state index in [1.807, 2.05) is 6.07 Å². The van der Waals surface area contributed by atoms with Crippen LogP contribution in [0.25, 0.3) is 22.2 Å². The Morgan fingerprint density at radius 1 is 0.952 bits per heavy atom. The average molecular weight is 474 g/mol. The maximum Gasteiger partial charge on any atom is 0.190 e. The average Bonchev–Trinajstić information content (AvgIpc) is 2.43. The minimum Gasteiger partial charge on any atom is -0.507 e. The Hall–Kier alpha value is -1.11. The molecule has 0 atom stereocenters. The van der Waals surface area contributed by atoms with E-state index < -0.39 is 0 Å². The van der Waals surface area contributed by atoms with Gasteiger partial charge in [0, 0.05) is 26.1 Å². The van der Waals surface area contributed by atoms with Crippen molar-refractivity contribution >= 4 is 58.7 Å². The van der Waals surface area contributed by atoms with E-state index in [4.69, 9.17) is 0 Å². The summed E-state index contributed by atoms with van der Waals surface area (Å²) in [6.45, 7) is 0. The quantitative estimate of drug-likeness (QED) is 0.511. The molecular formula is C15H8Br3NO2. The second-order valence-electron chi connectivity index (χ2n) is 4.52. The molecule has 3 aromatic rings. The van der Waals surface area contributed by atoms with Gasteiger partial charge >= 0.3 is 0 Å². The van der Waals surface area contributed by atoms with Gasteiger partial charge in [0.15, 0.2) is 5.43 Å². The Morgan fingerprint density at radius 2 is 1.71 bits per heavy atom. The van der Waals surface area contributed by atoms with E-state index in [0.29, 0.717) is 15.6 Å². The lowest BCUT2D eigenvalue weighted by Crippen LogP contribution is -2.03. The van der Waals surface area contributed by atoms with Gasteiger partial charge in [0.25, 0.3) is 0 Å². The van der Waals surface area contributed by atoms with E-state index in [-0.39, 0.29) is 11.2 Å². The third kappa shape index (κ3) is 2.80. The molecule has 1 aromatic heterocycles. The first-order chi connectivity index (χ1) is 9.95. The fraction of sp³-hybridized carbons (Fsp3) is 0. The van der Waals surface area contributed by atoms with Gasteiger partial charge in [-0.05, 0) is 67.8 Å². The van der Waals surface area contributed by atoms with Crippen molar-refractivity contribution in [2.75, 3.05) is 0 Å². The zero-order valence-electron chi connectivity index (χ0n) is 10.5. The molecule has 106 valence electrons. The Balaban J connectivity index is 2.30. The topological polar surface area (TPSA) is 53.1 Å². The van der Waals surface area contributed by atoms with Crippen LogP contribution in [0.15, 0.2) is 54.6 Å². The number of benzene rings is 2. The highest BCUT2D eigenvalue weighted by Gasteiger charge is 2.09. The second-order valence-corrected chi connectivity index (χ2v) is 7.15. The number of aromatic nitrogens is 1. The van der Waals surface area contributed by atoms with Crippen LogP contribution in [-0.2, 0) is 0 Å². The molecule has 0 fully saturated rings. The predicted molar refractivity (Wildman–Crippen MR) is 94.8 cm³/mol. The first kappa shape index (κ1) is 14.8. The lowest BCUT2D eigenvalue weighted by molar-refractivity contribution is 0.472. The van der Waals surface area contributed by atoms with Gasteiger partial charge in [0.1, 0.15) is 5.75 Å². The number of pyridine rings is 1. The summed E-state index contributed by atoms with van der Waals surface area (Å²) in [4.78, 5) is 15.6. The van der Waals surface area contributed by atoms with E-state index in [9.17, 15) is 9.90 Å². The molecule has 0 aliphatic rings. The molecule has 0 aliphatic heterocycles. The summed E-state index contributed by atoms with van der Waals surface area (Å²) in [5.74, 6) is 0.159. The maximum atomic E-state index is 12.3. The number of aromatic hydroxyl groups is 1. The smallest absolute Gasteiger partial charge is 0.190 e. The van der Waals surface area contributed by atoms with Gasteiger partial charge in [-0.2, -0.15) is 0 Å². The molecule has 0 saturated heterocycles. The van der Waals surface area contributed by atoms with Gasteiger partial charge in [0.05, 0.1) is 9.99 Å². The molecule has 21 heavy (non-hydrogen) atoms. The summed E-state index contributed by atoms with van der Waals surface area (Å²) in [7, 11) is 0. The summed E-state index contributed by atoms with van der Waals surface area (Å²) in [6.07, 6.45) is 0. The summed E-state index contributed by atoms with van der Waals surface area (Å²) in [5.41, 5.74) is 2.18. The third-order valence-corrected chi connectivity index (χ3v) is 4.83. The first-order valence-corrected chi connectivity index (χ1v) is 8.34. The van der Waals surface area contributed by atoms with Crippen molar-refractivity contribution in [2.24, 2.45) is 0 Å². The van der Waals surface area contributed by atoms with Crippen LogP contribution in [-0.4, -0.2) is 10.1 Å². The monoisotopic (exact) mass is 471 g/mol. The molecule has 6 heteroatoms. The summed E-state index contributed by atoms with van der Waals surface area (Å²) >= 11 is 10.1. The largest absolute Gasteiger partial charge is 0.507 e. The highest BCUT2D eigenvalue weighted by Crippen LogP contribution is 2.31. The number of hydrogen-bond acceptors (Lipinski definition) is 2. The van der Waals surface area contributed by atoms with E-state index in [1.54, 1.807) is 30.3 Å². The maximum absolute atomic E-state index is 12.3. The number of rotatable bonds is 1. The van der Waals surface area contributed by atoms with Crippen molar-refractivity contribution in [1.29, 1.82) is 0 Å². The number of H-pyrrole nitrogens is 1. The molecule has 3 nitrogen and oxygen atoms in total. The molecule has 0 bridgehead atoms. The van der Waals surface area contributed by atoms with Crippen LogP contribution in [0.5, 0.6) is 5.75 Å². The molecule has 2 aromatic carbocycles. The Morgan fingerprint density at radius 3 is 2.43 bits per heavy atom. The molecule has 0 spiro atoms. The van der Waals surface area contributed by atoms with E-state index in [0.717, 1.165) is 20.0 Å². The number of nitrogens with one attached hydrogen (secondary N) is 1. The minimum atomic E-state index is -0.0649. The van der Waals surface area contributed by atoms with Crippen LogP contribution < -0.4 is 5.43 Å². The molecule has 1 heterocycles. The van der Waals surface area contributed by atoms with Crippen molar-refractivity contribution in [2.45, 2.75) is 0 Å². The number of phenolic OH excluding ortho intramolecular Hbond substituents is 1. The highest BCUT2D eigenvalue weighted by molar-refractivity contribution is 9.11. The molecule has 0 aliphatic carbocycles. The Kier molecular flexibility index (Phi) is 3.94. The summed E-state index contributed by atoms with van der Waals surface area (Å²) in [5, 5.41) is 10.2. The fourth-order valence-electron chi connectivity index (χ4n) is 2.10. The molecule has 0 unspecified atom stereocenters. The van der Waals surface area contributed by atoms with E-state index in [1.165, 1.54) is 0 Å². The fourth-order valence-corrected chi connectivity index (χ4v) is 3.81. The molecule has 0 radical (unpaired) electrons. The lowest BCUT2D eigenvalue weighted by Gasteiger charge is -2.08. The number of hydrogen-bond donors (Lipinski definition) is 2. The van der Waals surface area contributed by atoms with Gasteiger partial charge in [-0.1, -0.05) is 15.9 Å². The minimum absolute atomic E-state index is 0.0649. The zero-order chi connectivity index (χ0) is 15.1. The van der Waals surface area contributed by atoms with Gasteiger partial charge in [-0.25, -0.2) is 0 Å². The van der Waals surface area contributed by atoms with Gasteiger partial charge in [-0.3, -0.25) is 4.79 Å². The Labute approximate surface area is 145 Å². The van der Waals surface area contributed by atoms with Crippen molar-refractivity contribution in [3.05, 3.63) is 60.0 Å². The highest BCUT2D eigenvalue weighted by atomic mass is 79.9. The van der Waals surface area contributed by atoms with Crippen LogP contribution in [0.2, 0.25) is 0 Å². The van der Waals surface area contributed by atoms with Crippen molar-refractivity contribution < 1.29 is 5.11 Å². The van der Waals surface area contributed by atoms with E-state index in [2.05, 4.69) is 52.8 Å². The van der Waals surface area contributed by atoms with Crippen molar-refractivity contribution in [1.82, 2.24) is 4.98 Å². The normalized spacial score (nSPS) is 11.0. The second kappa shape index (κ2) is 5.59. The number of phenols is 1. The molecule has 0 amide bonds. The first-order valence-electron chi connectivity index (χ1n) is 5.96. The van der Waals surface area contributed by atoms with Crippen LogP contribution in [0.1, 0.15) is 0 Å².